The molecule has 0 aliphatic carbocycles. The van der Waals surface area contributed by atoms with Crippen LogP contribution in [0.2, 0.25) is 0 Å². The van der Waals surface area contributed by atoms with Crippen molar-refractivity contribution >= 4 is 33.7 Å². The maximum absolute atomic E-state index is 13.0. The van der Waals surface area contributed by atoms with E-state index in [9.17, 15) is 4.79 Å². The first-order valence-electron chi connectivity index (χ1n) is 20.5. The summed E-state index contributed by atoms with van der Waals surface area (Å²) in [4.78, 5) is 27.6. The zero-order valence-electron chi connectivity index (χ0n) is 33.3. The van der Waals surface area contributed by atoms with Gasteiger partial charge in [-0.15, -0.1) is 0 Å². The number of rotatable bonds is 29. The Hall–Kier alpha value is -2.75. The summed E-state index contributed by atoms with van der Waals surface area (Å²) < 4.78 is 13.9. The molecule has 0 fully saturated rings. The summed E-state index contributed by atoms with van der Waals surface area (Å²) in [5.41, 5.74) is 7.96. The largest absolute Gasteiger partial charge is 0.458 e. The molecule has 0 spiro atoms. The number of aromatic nitrogens is 3. The number of carbonyl (C=O) groups excluding carboxylic acids is 1. The Morgan fingerprint density at radius 1 is 0.765 bits per heavy atom. The minimum absolute atomic E-state index is 0.156. The fourth-order valence-corrected chi connectivity index (χ4v) is 7.13. The van der Waals surface area contributed by atoms with Crippen molar-refractivity contribution in [1.82, 2.24) is 24.3 Å². The van der Waals surface area contributed by atoms with E-state index in [1.54, 1.807) is 0 Å². The molecule has 9 nitrogen and oxygen atoms in total. The van der Waals surface area contributed by atoms with Crippen LogP contribution in [-0.4, -0.2) is 81.8 Å². The number of benzene rings is 1. The molecule has 0 amide bonds. The van der Waals surface area contributed by atoms with E-state index in [2.05, 4.69) is 40.1 Å². The van der Waals surface area contributed by atoms with Crippen LogP contribution in [0.15, 0.2) is 24.3 Å². The van der Waals surface area contributed by atoms with Crippen molar-refractivity contribution in [3.63, 3.8) is 0 Å². The highest BCUT2D eigenvalue weighted by Gasteiger charge is 2.27. The van der Waals surface area contributed by atoms with Gasteiger partial charge in [-0.05, 0) is 91.8 Å². The molecule has 0 saturated carbocycles. The number of imidazole rings is 1. The predicted octanol–water partition coefficient (Wildman–Crippen LogP) is 9.54. The number of nitrogens with two attached hydrogens (primary N) is 1. The average Bonchev–Trinajstić information content (AvgIpc) is 3.47. The second-order valence-corrected chi connectivity index (χ2v) is 14.9. The second kappa shape index (κ2) is 23.7. The lowest BCUT2D eigenvalue weighted by Gasteiger charge is -2.27. The molecule has 9 heteroatoms. The van der Waals surface area contributed by atoms with E-state index >= 15 is 0 Å². The van der Waals surface area contributed by atoms with Gasteiger partial charge in [0.15, 0.2) is 5.82 Å². The molecule has 0 saturated heterocycles. The third kappa shape index (κ3) is 15.0. The first-order valence-corrected chi connectivity index (χ1v) is 20.5. The van der Waals surface area contributed by atoms with Crippen LogP contribution in [0, 0.1) is 0 Å². The minimum Gasteiger partial charge on any atom is -0.458 e. The fraction of sp³-hybridized carbons (Fsp3) is 0.738. The fourth-order valence-electron chi connectivity index (χ4n) is 7.13. The molecule has 2 heterocycles. The first-order chi connectivity index (χ1) is 24.7. The molecule has 1 aromatic carbocycles. The van der Waals surface area contributed by atoms with Crippen LogP contribution in [0.4, 0.5) is 5.82 Å². The molecule has 2 N–H and O–H groups in total. The number of ether oxygens (including phenoxy) is 2. The molecule has 3 aromatic rings. The van der Waals surface area contributed by atoms with E-state index in [1.807, 2.05) is 45.0 Å². The first kappa shape index (κ1) is 42.7. The van der Waals surface area contributed by atoms with Crippen LogP contribution in [0.1, 0.15) is 144 Å². The Kier molecular flexibility index (Phi) is 19.9. The maximum atomic E-state index is 13.0. The number of esters is 1. The summed E-state index contributed by atoms with van der Waals surface area (Å²) in [6, 6.07) is 7.93. The quantitative estimate of drug-likeness (QED) is 0.0563. The van der Waals surface area contributed by atoms with E-state index in [4.69, 9.17) is 20.2 Å². The minimum atomic E-state index is -0.746. The van der Waals surface area contributed by atoms with Gasteiger partial charge in [-0.25, -0.2) is 9.97 Å². The number of hydrogen-bond acceptors (Lipinski definition) is 8. The van der Waals surface area contributed by atoms with E-state index in [0.717, 1.165) is 67.7 Å². The average molecular weight is 709 g/mol. The number of para-hydroxylation sites is 1. The highest BCUT2D eigenvalue weighted by molar-refractivity contribution is 6.06. The highest BCUT2D eigenvalue weighted by Crippen LogP contribution is 2.31. The van der Waals surface area contributed by atoms with Crippen LogP contribution in [0.3, 0.4) is 0 Å². The molecule has 0 atom stereocenters. The Morgan fingerprint density at radius 3 is 1.94 bits per heavy atom. The van der Waals surface area contributed by atoms with E-state index in [-0.39, 0.29) is 5.97 Å². The van der Waals surface area contributed by atoms with Crippen molar-refractivity contribution in [1.29, 1.82) is 0 Å². The molecule has 2 aromatic heterocycles. The lowest BCUT2D eigenvalue weighted by molar-refractivity contribution is -0.157. The smallest absolute Gasteiger partial charge is 0.306 e. The van der Waals surface area contributed by atoms with Gasteiger partial charge in [-0.3, -0.25) is 4.79 Å². The summed E-state index contributed by atoms with van der Waals surface area (Å²) >= 11 is 0. The molecule has 0 bridgehead atoms. The van der Waals surface area contributed by atoms with Crippen LogP contribution in [-0.2, 0) is 27.4 Å². The molecular formula is C42H72N6O3. The number of nitrogens with zero attached hydrogens (tertiary/aromatic N) is 5. The van der Waals surface area contributed by atoms with Crippen molar-refractivity contribution in [3.05, 3.63) is 30.1 Å². The standard InChI is InChI=1S/C42H72N6O3/c1-7-11-12-13-14-15-16-17-18-23-29-46(8-2)31-25-32-47(9-3)30-24-19-20-28-38(49)51-42(5,6)34-48-37(33-50-10-4)45-39-40(48)35-26-21-22-27-36(35)44-41(39)43/h21-22,26-27H,7-20,23-25,28-34H2,1-6H3,(H2,43,44). The molecule has 3 rings (SSSR count). The second-order valence-electron chi connectivity index (χ2n) is 14.9. The number of unbranched alkanes of at least 4 members (excludes halogenated alkanes) is 11. The third-order valence-electron chi connectivity index (χ3n) is 10.1. The molecule has 51 heavy (non-hydrogen) atoms. The monoisotopic (exact) mass is 709 g/mol. The van der Waals surface area contributed by atoms with Gasteiger partial charge in [0.2, 0.25) is 0 Å². The van der Waals surface area contributed by atoms with Gasteiger partial charge in [0.1, 0.15) is 23.5 Å². The predicted molar refractivity (Wildman–Crippen MR) is 214 cm³/mol. The van der Waals surface area contributed by atoms with Crippen molar-refractivity contribution in [2.24, 2.45) is 0 Å². The number of fused-ring (bicyclic) bond motifs is 3. The van der Waals surface area contributed by atoms with Crippen molar-refractivity contribution in [3.8, 4) is 0 Å². The normalized spacial score (nSPS) is 12.2. The molecule has 0 aliphatic heterocycles. The Balaban J connectivity index is 1.36. The van der Waals surface area contributed by atoms with Gasteiger partial charge in [0, 0.05) is 18.4 Å². The highest BCUT2D eigenvalue weighted by atomic mass is 16.6. The molecule has 0 radical (unpaired) electrons. The van der Waals surface area contributed by atoms with E-state index in [0.29, 0.717) is 37.5 Å². The van der Waals surface area contributed by atoms with Gasteiger partial charge in [0.25, 0.3) is 0 Å². The summed E-state index contributed by atoms with van der Waals surface area (Å²) in [6.07, 6.45) is 18.6. The summed E-state index contributed by atoms with van der Waals surface area (Å²) in [7, 11) is 0. The van der Waals surface area contributed by atoms with Crippen molar-refractivity contribution in [2.45, 2.75) is 157 Å². The topological polar surface area (TPSA) is 98.7 Å². The van der Waals surface area contributed by atoms with Crippen molar-refractivity contribution < 1.29 is 14.3 Å². The Bertz CT molecular complexity index is 1410. The van der Waals surface area contributed by atoms with Crippen molar-refractivity contribution in [2.75, 3.05) is 51.6 Å². The van der Waals surface area contributed by atoms with Crippen LogP contribution in [0.25, 0.3) is 21.9 Å². The number of pyridine rings is 1. The number of carbonyl (C=O) groups is 1. The molecule has 0 aliphatic rings. The lowest BCUT2D eigenvalue weighted by Crippen LogP contribution is -2.34. The van der Waals surface area contributed by atoms with Gasteiger partial charge < -0.3 is 29.6 Å². The summed E-state index contributed by atoms with van der Waals surface area (Å²) in [5.74, 6) is 0.980. The number of nitrogen functional groups attached to an aromatic ring is 1. The molecule has 0 unspecified atom stereocenters. The van der Waals surface area contributed by atoms with Gasteiger partial charge >= 0.3 is 5.97 Å². The van der Waals surface area contributed by atoms with Crippen LogP contribution >= 0.6 is 0 Å². The Labute approximate surface area is 310 Å². The molecular weight excluding hydrogens is 637 g/mol. The number of hydrogen-bond donors (Lipinski definition) is 1. The zero-order chi connectivity index (χ0) is 36.9. The lowest BCUT2D eigenvalue weighted by atomic mass is 10.1. The van der Waals surface area contributed by atoms with E-state index < -0.39 is 5.60 Å². The van der Waals surface area contributed by atoms with Gasteiger partial charge in [-0.1, -0.05) is 103 Å². The van der Waals surface area contributed by atoms with Crippen LogP contribution < -0.4 is 5.73 Å². The van der Waals surface area contributed by atoms with Gasteiger partial charge in [0.05, 0.1) is 17.6 Å². The summed E-state index contributed by atoms with van der Waals surface area (Å²) in [6.45, 7) is 21.0. The zero-order valence-corrected chi connectivity index (χ0v) is 33.3. The summed E-state index contributed by atoms with van der Waals surface area (Å²) in [5, 5.41) is 0.965. The third-order valence-corrected chi connectivity index (χ3v) is 10.1. The maximum Gasteiger partial charge on any atom is 0.306 e. The number of anilines is 1. The SMILES string of the molecule is CCCCCCCCCCCCN(CC)CCCN(CC)CCCCCC(=O)OC(C)(C)Cn1c(COCC)nc2c(N)nc3ccccc3c21. The Morgan fingerprint density at radius 2 is 1.33 bits per heavy atom. The van der Waals surface area contributed by atoms with Gasteiger partial charge in [-0.2, -0.15) is 0 Å². The van der Waals surface area contributed by atoms with E-state index in [1.165, 1.54) is 83.7 Å². The van der Waals surface area contributed by atoms with Crippen LogP contribution in [0.5, 0.6) is 0 Å². The molecule has 288 valence electrons.